The fourth-order valence-electron chi connectivity index (χ4n) is 2.75. The first kappa shape index (κ1) is 17.5. The molecule has 0 saturated carbocycles. The van der Waals surface area contributed by atoms with Crippen LogP contribution < -0.4 is 21.3 Å². The van der Waals surface area contributed by atoms with Gasteiger partial charge in [-0.2, -0.15) is 0 Å². The molecule has 7 nitrogen and oxygen atoms in total. The fourth-order valence-corrected chi connectivity index (χ4v) is 3.15. The minimum atomic E-state index is -0.545. The highest BCUT2D eigenvalue weighted by molar-refractivity contribution is 9.10. The summed E-state index contributed by atoms with van der Waals surface area (Å²) in [5.74, 6) is 0.531. The van der Waals surface area contributed by atoms with Crippen LogP contribution >= 0.6 is 15.9 Å². The molecule has 25 heavy (non-hydrogen) atoms. The first-order chi connectivity index (χ1) is 12.0. The Hall–Kier alpha value is -2.35. The van der Waals surface area contributed by atoms with Crippen LogP contribution in [-0.2, 0) is 24.8 Å². The van der Waals surface area contributed by atoms with E-state index in [0.29, 0.717) is 19.4 Å². The van der Waals surface area contributed by atoms with Gasteiger partial charge in [0, 0.05) is 43.3 Å². The van der Waals surface area contributed by atoms with Gasteiger partial charge in [0.05, 0.1) is 0 Å². The van der Waals surface area contributed by atoms with Crippen LogP contribution in [0, 0.1) is 0 Å². The predicted molar refractivity (Wildman–Crippen MR) is 95.8 cm³/mol. The van der Waals surface area contributed by atoms with E-state index >= 15 is 0 Å². The van der Waals surface area contributed by atoms with Crippen LogP contribution in [0.2, 0.25) is 0 Å². The molecule has 0 fully saturated rings. The van der Waals surface area contributed by atoms with Crippen LogP contribution in [0.3, 0.4) is 0 Å². The Morgan fingerprint density at radius 2 is 2.16 bits per heavy atom. The van der Waals surface area contributed by atoms with Gasteiger partial charge in [-0.05, 0) is 30.2 Å². The van der Waals surface area contributed by atoms with Crippen molar-refractivity contribution in [1.82, 2.24) is 14.5 Å². The number of halogens is 1. The van der Waals surface area contributed by atoms with Crippen molar-refractivity contribution >= 4 is 21.8 Å². The lowest BCUT2D eigenvalue weighted by Gasteiger charge is -2.11. The van der Waals surface area contributed by atoms with E-state index in [2.05, 4.69) is 21.2 Å². The number of carbonyl (C=O) groups excluding carboxylic acids is 1. The van der Waals surface area contributed by atoms with Gasteiger partial charge in [0.2, 0.25) is 0 Å². The number of amides is 1. The van der Waals surface area contributed by atoms with Crippen molar-refractivity contribution in [3.63, 3.8) is 0 Å². The molecule has 0 radical (unpaired) electrons. The van der Waals surface area contributed by atoms with E-state index < -0.39 is 6.10 Å². The summed E-state index contributed by atoms with van der Waals surface area (Å²) in [4.78, 5) is 35.8. The molecule has 8 heteroatoms. The van der Waals surface area contributed by atoms with Crippen LogP contribution in [0.5, 0.6) is 5.75 Å². The number of ether oxygens (including phenoxy) is 1. The number of rotatable bonds is 5. The average molecular weight is 408 g/mol. The van der Waals surface area contributed by atoms with Crippen molar-refractivity contribution < 1.29 is 9.53 Å². The van der Waals surface area contributed by atoms with Gasteiger partial charge in [0.1, 0.15) is 5.75 Å². The topological polar surface area (TPSA) is 82.3 Å². The van der Waals surface area contributed by atoms with E-state index in [9.17, 15) is 14.4 Å². The van der Waals surface area contributed by atoms with Crippen LogP contribution in [0.25, 0.3) is 0 Å². The Kier molecular flexibility index (Phi) is 5.08. The van der Waals surface area contributed by atoms with E-state index in [0.717, 1.165) is 20.4 Å². The van der Waals surface area contributed by atoms with Crippen LogP contribution in [0.1, 0.15) is 12.0 Å². The summed E-state index contributed by atoms with van der Waals surface area (Å²) < 4.78 is 9.11. The van der Waals surface area contributed by atoms with E-state index in [1.807, 2.05) is 18.2 Å². The fraction of sp³-hybridized carbons (Fsp3) is 0.353. The van der Waals surface area contributed by atoms with E-state index in [4.69, 9.17) is 4.74 Å². The molecule has 1 aliphatic rings. The van der Waals surface area contributed by atoms with Gasteiger partial charge in [0.15, 0.2) is 6.10 Å². The van der Waals surface area contributed by atoms with Crippen molar-refractivity contribution in [1.29, 1.82) is 0 Å². The quantitative estimate of drug-likeness (QED) is 0.743. The number of benzene rings is 1. The molecule has 0 aliphatic carbocycles. The first-order valence-corrected chi connectivity index (χ1v) is 8.74. The highest BCUT2D eigenvalue weighted by Gasteiger charge is 2.28. The molecule has 1 N–H and O–H groups in total. The van der Waals surface area contributed by atoms with Crippen molar-refractivity contribution in [3.8, 4) is 5.75 Å². The van der Waals surface area contributed by atoms with Crippen molar-refractivity contribution in [3.05, 3.63) is 61.3 Å². The van der Waals surface area contributed by atoms with Gasteiger partial charge in [-0.15, -0.1) is 0 Å². The molecule has 0 spiro atoms. The number of fused-ring (bicyclic) bond motifs is 1. The highest BCUT2D eigenvalue weighted by atomic mass is 79.9. The second-order valence-electron chi connectivity index (χ2n) is 5.91. The number of hydrogen-bond donors (Lipinski definition) is 1. The molecular weight excluding hydrogens is 390 g/mol. The van der Waals surface area contributed by atoms with E-state index in [1.165, 1.54) is 16.8 Å². The lowest BCUT2D eigenvalue weighted by molar-refractivity contribution is -0.127. The minimum absolute atomic E-state index is 0.194. The summed E-state index contributed by atoms with van der Waals surface area (Å²) in [7, 11) is 1.59. The SMILES string of the molecule is Cn1ccc(=O)n(CCCNC(=O)C2Cc3cc(Br)ccc3O2)c1=O. The predicted octanol–water partition coefficient (Wildman–Crippen LogP) is 0.819. The summed E-state index contributed by atoms with van der Waals surface area (Å²) in [5.41, 5.74) is 0.294. The number of carbonyl (C=O) groups is 1. The Balaban J connectivity index is 1.51. The number of nitrogens with one attached hydrogen (secondary N) is 1. The number of aryl methyl sites for hydroxylation is 1. The molecule has 1 aromatic heterocycles. The normalized spacial score (nSPS) is 15.5. The van der Waals surface area contributed by atoms with Crippen molar-refractivity contribution in [2.75, 3.05) is 6.54 Å². The molecule has 1 amide bonds. The molecule has 2 heterocycles. The van der Waals surface area contributed by atoms with Crippen LogP contribution in [-0.4, -0.2) is 27.7 Å². The molecule has 1 aromatic carbocycles. The van der Waals surface area contributed by atoms with Crippen molar-refractivity contribution in [2.45, 2.75) is 25.5 Å². The Bertz CT molecular complexity index is 919. The molecule has 132 valence electrons. The van der Waals surface area contributed by atoms with Gasteiger partial charge >= 0.3 is 5.69 Å². The molecule has 0 saturated heterocycles. The second kappa shape index (κ2) is 7.26. The smallest absolute Gasteiger partial charge is 0.330 e. The Morgan fingerprint density at radius 1 is 1.36 bits per heavy atom. The summed E-state index contributed by atoms with van der Waals surface area (Å²) in [6.45, 7) is 0.620. The molecule has 1 unspecified atom stereocenters. The number of aromatic nitrogens is 2. The van der Waals surface area contributed by atoms with E-state index in [1.54, 1.807) is 7.05 Å². The zero-order chi connectivity index (χ0) is 18.0. The Morgan fingerprint density at radius 3 is 2.96 bits per heavy atom. The van der Waals surface area contributed by atoms with Gasteiger partial charge in [-0.25, -0.2) is 4.79 Å². The Labute approximate surface area is 152 Å². The lowest BCUT2D eigenvalue weighted by atomic mass is 10.1. The summed E-state index contributed by atoms with van der Waals surface area (Å²) >= 11 is 3.40. The summed E-state index contributed by atoms with van der Waals surface area (Å²) in [6, 6.07) is 7.00. The minimum Gasteiger partial charge on any atom is -0.480 e. The standard InChI is InChI=1S/C17H18BrN3O4/c1-20-8-5-15(22)21(17(20)24)7-2-6-19-16(23)14-10-11-9-12(18)3-4-13(11)25-14/h3-5,8-9,14H,2,6-7,10H2,1H3,(H,19,23). The van der Waals surface area contributed by atoms with Gasteiger partial charge < -0.3 is 14.6 Å². The number of hydrogen-bond acceptors (Lipinski definition) is 4. The molecule has 1 atom stereocenters. The third kappa shape index (κ3) is 3.84. The maximum Gasteiger partial charge on any atom is 0.330 e. The van der Waals surface area contributed by atoms with Crippen molar-refractivity contribution in [2.24, 2.45) is 7.05 Å². The van der Waals surface area contributed by atoms with Gasteiger partial charge in [0.25, 0.3) is 11.5 Å². The average Bonchev–Trinajstić information content (AvgIpc) is 3.00. The van der Waals surface area contributed by atoms with Gasteiger partial charge in [-0.3, -0.25) is 14.2 Å². The third-order valence-electron chi connectivity index (χ3n) is 4.09. The highest BCUT2D eigenvalue weighted by Crippen LogP contribution is 2.31. The van der Waals surface area contributed by atoms with Gasteiger partial charge in [-0.1, -0.05) is 15.9 Å². The maximum absolute atomic E-state index is 12.2. The monoisotopic (exact) mass is 407 g/mol. The largest absolute Gasteiger partial charge is 0.480 e. The zero-order valence-corrected chi connectivity index (χ0v) is 15.3. The molecule has 2 aromatic rings. The summed E-state index contributed by atoms with van der Waals surface area (Å²) in [5, 5.41) is 2.80. The maximum atomic E-state index is 12.2. The second-order valence-corrected chi connectivity index (χ2v) is 6.82. The van der Waals surface area contributed by atoms with Crippen LogP contribution in [0.4, 0.5) is 0 Å². The summed E-state index contributed by atoms with van der Waals surface area (Å²) in [6.07, 6.45) is 1.91. The third-order valence-corrected chi connectivity index (χ3v) is 4.58. The number of nitrogens with zero attached hydrogens (tertiary/aromatic N) is 2. The first-order valence-electron chi connectivity index (χ1n) is 7.95. The molecular formula is C17H18BrN3O4. The van der Waals surface area contributed by atoms with E-state index in [-0.39, 0.29) is 23.7 Å². The molecule has 0 bridgehead atoms. The zero-order valence-electron chi connectivity index (χ0n) is 13.7. The lowest BCUT2D eigenvalue weighted by Crippen LogP contribution is -2.40. The van der Waals surface area contributed by atoms with Crippen LogP contribution in [0.15, 0.2) is 44.5 Å². The molecule has 1 aliphatic heterocycles. The molecule has 3 rings (SSSR count).